The van der Waals surface area contributed by atoms with Crippen molar-refractivity contribution in [2.45, 2.75) is 11.4 Å². The second-order valence-corrected chi connectivity index (χ2v) is 8.02. The van der Waals surface area contributed by atoms with Gasteiger partial charge in [-0.1, -0.05) is 42.5 Å². The van der Waals surface area contributed by atoms with Gasteiger partial charge in [-0.3, -0.25) is 4.98 Å². The second kappa shape index (κ2) is 8.90. The topological polar surface area (TPSA) is 59.5 Å². The number of sulfonamides is 1. The van der Waals surface area contributed by atoms with Crippen molar-refractivity contribution < 1.29 is 13.2 Å². The molecule has 0 fully saturated rings. The van der Waals surface area contributed by atoms with Gasteiger partial charge in [0.25, 0.3) is 0 Å². The highest BCUT2D eigenvalue weighted by atomic mass is 32.2. The summed E-state index contributed by atoms with van der Waals surface area (Å²) in [6, 6.07) is 20.5. The lowest BCUT2D eigenvalue weighted by molar-refractivity contribution is 0.177. The van der Waals surface area contributed by atoms with E-state index >= 15 is 0 Å². The average Bonchev–Trinajstić information content (AvgIpc) is 2.72. The highest BCUT2D eigenvalue weighted by Gasteiger charge is 2.24. The molecule has 0 bridgehead atoms. The molecule has 0 unspecified atom stereocenters. The lowest BCUT2D eigenvalue weighted by Gasteiger charge is -2.22. The summed E-state index contributed by atoms with van der Waals surface area (Å²) in [4.78, 5) is 4.25. The standard InChI is InChI=1S/C21H22N2O3S/c1-26-16-15-23(17-18-11-13-22-14-12-18)27(24,25)21-9-7-20(8-10-21)19-5-3-2-4-6-19/h2-14H,15-17H2,1H3. The maximum Gasteiger partial charge on any atom is 0.243 e. The fourth-order valence-electron chi connectivity index (χ4n) is 2.77. The highest BCUT2D eigenvalue weighted by Crippen LogP contribution is 2.23. The number of nitrogens with zero attached hydrogens (tertiary/aromatic N) is 2. The number of methoxy groups -OCH3 is 1. The molecule has 5 nitrogen and oxygen atoms in total. The van der Waals surface area contributed by atoms with Gasteiger partial charge >= 0.3 is 0 Å². The first-order chi connectivity index (χ1) is 13.1. The molecule has 3 rings (SSSR count). The molecule has 0 saturated carbocycles. The summed E-state index contributed by atoms with van der Waals surface area (Å²) in [5.74, 6) is 0. The summed E-state index contributed by atoms with van der Waals surface area (Å²) in [7, 11) is -2.08. The number of pyridine rings is 1. The van der Waals surface area contributed by atoms with E-state index in [2.05, 4.69) is 4.98 Å². The van der Waals surface area contributed by atoms with E-state index in [9.17, 15) is 8.42 Å². The van der Waals surface area contributed by atoms with Gasteiger partial charge in [0, 0.05) is 32.6 Å². The normalized spacial score (nSPS) is 11.6. The van der Waals surface area contributed by atoms with Gasteiger partial charge in [-0.15, -0.1) is 0 Å². The van der Waals surface area contributed by atoms with Crippen LogP contribution in [0.25, 0.3) is 11.1 Å². The minimum atomic E-state index is -3.64. The van der Waals surface area contributed by atoms with Crippen molar-refractivity contribution in [1.29, 1.82) is 0 Å². The maximum atomic E-state index is 13.1. The molecule has 0 atom stereocenters. The Morgan fingerprint density at radius 3 is 2.15 bits per heavy atom. The summed E-state index contributed by atoms with van der Waals surface area (Å²) in [6.07, 6.45) is 3.32. The van der Waals surface area contributed by atoms with E-state index < -0.39 is 10.0 Å². The van der Waals surface area contributed by atoms with E-state index in [0.717, 1.165) is 16.7 Å². The SMILES string of the molecule is COCCN(Cc1ccncc1)S(=O)(=O)c1ccc(-c2ccccc2)cc1. The van der Waals surface area contributed by atoms with Crippen molar-refractivity contribution in [3.05, 3.63) is 84.7 Å². The van der Waals surface area contributed by atoms with Gasteiger partial charge in [0.1, 0.15) is 0 Å². The van der Waals surface area contributed by atoms with E-state index in [1.54, 1.807) is 31.6 Å². The number of rotatable bonds is 8. The summed E-state index contributed by atoms with van der Waals surface area (Å²) >= 11 is 0. The van der Waals surface area contributed by atoms with Gasteiger partial charge in [-0.2, -0.15) is 4.31 Å². The highest BCUT2D eigenvalue weighted by molar-refractivity contribution is 7.89. The zero-order valence-electron chi connectivity index (χ0n) is 15.2. The first kappa shape index (κ1) is 19.2. The average molecular weight is 382 g/mol. The summed E-state index contributed by atoms with van der Waals surface area (Å²) in [5, 5.41) is 0. The van der Waals surface area contributed by atoms with Crippen molar-refractivity contribution in [2.75, 3.05) is 20.3 Å². The maximum absolute atomic E-state index is 13.1. The third kappa shape index (κ3) is 4.80. The molecule has 0 amide bonds. The number of ether oxygens (including phenoxy) is 1. The Hall–Kier alpha value is -2.54. The van der Waals surface area contributed by atoms with Gasteiger partial charge in [0.2, 0.25) is 10.0 Å². The summed E-state index contributed by atoms with van der Waals surface area (Å²) in [6.45, 7) is 0.878. The minimum absolute atomic E-state index is 0.271. The van der Waals surface area contributed by atoms with Crippen molar-refractivity contribution >= 4 is 10.0 Å². The van der Waals surface area contributed by atoms with Gasteiger partial charge in [0.05, 0.1) is 11.5 Å². The van der Waals surface area contributed by atoms with Crippen LogP contribution in [0.5, 0.6) is 0 Å². The van der Waals surface area contributed by atoms with Gasteiger partial charge in [-0.25, -0.2) is 8.42 Å². The van der Waals surface area contributed by atoms with Crippen LogP contribution in [0.2, 0.25) is 0 Å². The van der Waals surface area contributed by atoms with Crippen LogP contribution in [-0.2, 0) is 21.3 Å². The first-order valence-electron chi connectivity index (χ1n) is 8.65. The predicted molar refractivity (Wildman–Crippen MR) is 106 cm³/mol. The number of benzene rings is 2. The monoisotopic (exact) mass is 382 g/mol. The zero-order chi connectivity index (χ0) is 19.1. The molecule has 3 aromatic rings. The largest absolute Gasteiger partial charge is 0.383 e. The van der Waals surface area contributed by atoms with E-state index in [-0.39, 0.29) is 18.0 Å². The Morgan fingerprint density at radius 1 is 0.889 bits per heavy atom. The second-order valence-electron chi connectivity index (χ2n) is 6.08. The van der Waals surface area contributed by atoms with Crippen molar-refractivity contribution in [2.24, 2.45) is 0 Å². The molecule has 0 spiro atoms. The van der Waals surface area contributed by atoms with E-state index in [0.29, 0.717) is 6.61 Å². The molecule has 0 aliphatic rings. The molecule has 2 aromatic carbocycles. The molecule has 0 aliphatic carbocycles. The number of aromatic nitrogens is 1. The van der Waals surface area contributed by atoms with Gasteiger partial charge < -0.3 is 4.74 Å². The van der Waals surface area contributed by atoms with Crippen LogP contribution in [-0.4, -0.2) is 38.0 Å². The van der Waals surface area contributed by atoms with Crippen molar-refractivity contribution in [1.82, 2.24) is 9.29 Å². The summed E-state index contributed by atoms with van der Waals surface area (Å²) < 4.78 is 32.8. The van der Waals surface area contributed by atoms with Crippen LogP contribution in [0.3, 0.4) is 0 Å². The molecule has 1 aromatic heterocycles. The first-order valence-corrected chi connectivity index (χ1v) is 10.1. The fourth-order valence-corrected chi connectivity index (χ4v) is 4.18. The molecular formula is C21H22N2O3S. The van der Waals surface area contributed by atoms with E-state index in [1.807, 2.05) is 54.6 Å². The molecule has 0 saturated heterocycles. The smallest absolute Gasteiger partial charge is 0.243 e. The summed E-state index contributed by atoms with van der Waals surface area (Å²) in [5.41, 5.74) is 2.91. The molecule has 1 heterocycles. The van der Waals surface area contributed by atoms with E-state index in [4.69, 9.17) is 4.74 Å². The Kier molecular flexibility index (Phi) is 6.34. The third-order valence-corrected chi connectivity index (χ3v) is 6.11. The molecular weight excluding hydrogens is 360 g/mol. The van der Waals surface area contributed by atoms with Crippen molar-refractivity contribution in [3.8, 4) is 11.1 Å². The van der Waals surface area contributed by atoms with Crippen molar-refractivity contribution in [3.63, 3.8) is 0 Å². The Morgan fingerprint density at radius 2 is 1.52 bits per heavy atom. The molecule has 0 aliphatic heterocycles. The quantitative estimate of drug-likeness (QED) is 0.597. The minimum Gasteiger partial charge on any atom is -0.383 e. The number of hydrogen-bond donors (Lipinski definition) is 0. The Balaban J connectivity index is 1.86. The predicted octanol–water partition coefficient (Wildman–Crippen LogP) is 3.59. The Labute approximate surface area is 160 Å². The van der Waals surface area contributed by atoms with Crippen LogP contribution in [0.4, 0.5) is 0 Å². The molecule has 6 heteroatoms. The molecule has 27 heavy (non-hydrogen) atoms. The molecule has 0 N–H and O–H groups in total. The van der Waals surface area contributed by atoms with E-state index in [1.165, 1.54) is 4.31 Å². The lowest BCUT2D eigenvalue weighted by atomic mass is 10.1. The lowest BCUT2D eigenvalue weighted by Crippen LogP contribution is -2.33. The fraction of sp³-hybridized carbons (Fsp3) is 0.190. The Bertz CT molecular complexity index is 944. The van der Waals surface area contributed by atoms with Crippen LogP contribution in [0.1, 0.15) is 5.56 Å². The van der Waals surface area contributed by atoms with Crippen LogP contribution in [0.15, 0.2) is 84.0 Å². The third-order valence-electron chi connectivity index (χ3n) is 4.25. The molecule has 140 valence electrons. The van der Waals surface area contributed by atoms with Gasteiger partial charge in [-0.05, 0) is 41.0 Å². The van der Waals surface area contributed by atoms with Crippen LogP contribution in [0, 0.1) is 0 Å². The van der Waals surface area contributed by atoms with Crippen LogP contribution >= 0.6 is 0 Å². The number of hydrogen-bond acceptors (Lipinski definition) is 4. The van der Waals surface area contributed by atoms with Crippen LogP contribution < -0.4 is 0 Å². The zero-order valence-corrected chi connectivity index (χ0v) is 16.0. The molecule has 0 radical (unpaired) electrons. The van der Waals surface area contributed by atoms with Gasteiger partial charge in [0.15, 0.2) is 0 Å².